The van der Waals surface area contributed by atoms with Gasteiger partial charge in [-0.3, -0.25) is 19.7 Å². The van der Waals surface area contributed by atoms with Crippen LogP contribution in [0, 0.1) is 0 Å². The van der Waals surface area contributed by atoms with Gasteiger partial charge in [-0.15, -0.1) is 11.8 Å². The summed E-state index contributed by atoms with van der Waals surface area (Å²) in [5.41, 5.74) is 1.12. The number of nitrogens with one attached hydrogen (secondary N) is 1. The summed E-state index contributed by atoms with van der Waals surface area (Å²) in [6, 6.07) is 7.93. The van der Waals surface area contributed by atoms with Crippen LogP contribution in [0.2, 0.25) is 0 Å². The Morgan fingerprint density at radius 1 is 1.20 bits per heavy atom. The molecular formula is C18H22N4O2S. The lowest BCUT2D eigenvalue weighted by molar-refractivity contribution is -0.118. The first-order valence-corrected chi connectivity index (χ1v) is 9.33. The smallest absolute Gasteiger partial charge is 0.230 e. The maximum Gasteiger partial charge on any atom is 0.230 e. The Balaban J connectivity index is 1.55. The number of thioether (sulfide) groups is 1. The molecule has 0 spiro atoms. The van der Waals surface area contributed by atoms with Crippen LogP contribution < -0.4 is 5.32 Å². The molecule has 0 aromatic carbocycles. The van der Waals surface area contributed by atoms with Crippen molar-refractivity contribution in [1.82, 2.24) is 20.2 Å². The van der Waals surface area contributed by atoms with Crippen molar-refractivity contribution in [1.29, 1.82) is 0 Å². The van der Waals surface area contributed by atoms with Gasteiger partial charge in [-0.25, -0.2) is 0 Å². The number of ether oxygens (including phenoxy) is 1. The molecule has 25 heavy (non-hydrogen) atoms. The lowest BCUT2D eigenvalue weighted by Gasteiger charge is -2.34. The number of amides is 1. The number of carbonyl (C=O) groups is 1. The van der Waals surface area contributed by atoms with E-state index in [0.717, 1.165) is 36.8 Å². The van der Waals surface area contributed by atoms with Crippen LogP contribution in [0.3, 0.4) is 0 Å². The predicted octanol–water partition coefficient (Wildman–Crippen LogP) is 1.76. The molecule has 1 N–H and O–H groups in total. The fraction of sp³-hybridized carbons (Fsp3) is 0.389. The van der Waals surface area contributed by atoms with Gasteiger partial charge in [0.1, 0.15) is 0 Å². The average Bonchev–Trinajstić information content (AvgIpc) is 2.69. The van der Waals surface area contributed by atoms with Gasteiger partial charge in [-0.05, 0) is 23.8 Å². The summed E-state index contributed by atoms with van der Waals surface area (Å²) in [4.78, 5) is 23.8. The summed E-state index contributed by atoms with van der Waals surface area (Å²) in [6.07, 6.45) is 7.11. The first-order chi connectivity index (χ1) is 12.3. The first kappa shape index (κ1) is 17.8. The summed E-state index contributed by atoms with van der Waals surface area (Å²) in [7, 11) is 0. The highest BCUT2D eigenvalue weighted by molar-refractivity contribution is 8.00. The van der Waals surface area contributed by atoms with Crippen LogP contribution in [-0.2, 0) is 9.53 Å². The van der Waals surface area contributed by atoms with E-state index in [0.29, 0.717) is 12.3 Å². The second-order valence-electron chi connectivity index (χ2n) is 5.73. The number of pyridine rings is 2. The maximum atomic E-state index is 12.2. The molecule has 2 aromatic heterocycles. The van der Waals surface area contributed by atoms with E-state index < -0.39 is 0 Å². The molecule has 1 amide bonds. The number of nitrogens with zero attached hydrogens (tertiary/aromatic N) is 3. The topological polar surface area (TPSA) is 67.4 Å². The number of carbonyl (C=O) groups excluding carboxylic acids is 1. The zero-order valence-corrected chi connectivity index (χ0v) is 14.8. The number of morpholine rings is 1. The van der Waals surface area contributed by atoms with Crippen LogP contribution in [0.4, 0.5) is 0 Å². The molecule has 132 valence electrons. The molecule has 6 nitrogen and oxygen atoms in total. The fourth-order valence-corrected chi connectivity index (χ4v) is 3.48. The Hall–Kier alpha value is -1.96. The third kappa shape index (κ3) is 5.52. The molecule has 3 rings (SSSR count). The normalized spacial score (nSPS) is 16.3. The molecule has 0 bridgehead atoms. The quantitative estimate of drug-likeness (QED) is 0.761. The van der Waals surface area contributed by atoms with Gasteiger partial charge < -0.3 is 10.1 Å². The van der Waals surface area contributed by atoms with Gasteiger partial charge >= 0.3 is 0 Å². The van der Waals surface area contributed by atoms with E-state index in [1.807, 2.05) is 24.4 Å². The van der Waals surface area contributed by atoms with Gasteiger partial charge in [0.15, 0.2) is 0 Å². The molecule has 1 saturated heterocycles. The molecular weight excluding hydrogens is 336 g/mol. The van der Waals surface area contributed by atoms with Crippen molar-refractivity contribution in [2.24, 2.45) is 0 Å². The third-order valence-electron chi connectivity index (χ3n) is 4.07. The van der Waals surface area contributed by atoms with Gasteiger partial charge in [0.05, 0.1) is 25.0 Å². The molecule has 7 heteroatoms. The maximum absolute atomic E-state index is 12.2. The van der Waals surface area contributed by atoms with Crippen LogP contribution >= 0.6 is 11.8 Å². The molecule has 0 aliphatic carbocycles. The summed E-state index contributed by atoms with van der Waals surface area (Å²) >= 11 is 1.51. The Morgan fingerprint density at radius 3 is 2.72 bits per heavy atom. The predicted molar refractivity (Wildman–Crippen MR) is 97.3 cm³/mol. The van der Waals surface area contributed by atoms with Crippen molar-refractivity contribution < 1.29 is 9.53 Å². The molecule has 1 fully saturated rings. The van der Waals surface area contributed by atoms with Crippen molar-refractivity contribution in [2.75, 3.05) is 38.6 Å². The summed E-state index contributed by atoms with van der Waals surface area (Å²) in [5.74, 6) is 0.427. The van der Waals surface area contributed by atoms with Gasteiger partial charge in [-0.1, -0.05) is 6.07 Å². The SMILES string of the molecule is O=C(CSc1ccncc1)NC[C@@H](c1cccnc1)N1CCOCC1. The monoisotopic (exact) mass is 358 g/mol. The van der Waals surface area contributed by atoms with Crippen LogP contribution in [0.1, 0.15) is 11.6 Å². The van der Waals surface area contributed by atoms with Gasteiger partial charge in [0.25, 0.3) is 0 Å². The molecule has 0 saturated carbocycles. The minimum atomic E-state index is 0.0314. The molecule has 1 atom stereocenters. The Morgan fingerprint density at radius 2 is 2.00 bits per heavy atom. The highest BCUT2D eigenvalue weighted by Gasteiger charge is 2.23. The van der Waals surface area contributed by atoms with Gasteiger partial charge in [0.2, 0.25) is 5.91 Å². The van der Waals surface area contributed by atoms with E-state index in [9.17, 15) is 4.79 Å². The molecule has 2 aromatic rings. The van der Waals surface area contributed by atoms with E-state index in [-0.39, 0.29) is 11.9 Å². The minimum absolute atomic E-state index is 0.0314. The standard InChI is InChI=1S/C18H22N4O2S/c23-18(14-25-16-3-6-19-7-4-16)21-13-17(15-2-1-5-20-12-15)22-8-10-24-11-9-22/h1-7,12,17H,8-11,13-14H2,(H,21,23)/t17-/m0/s1. The van der Waals surface area contributed by atoms with Crippen LogP contribution in [0.15, 0.2) is 53.9 Å². The minimum Gasteiger partial charge on any atom is -0.379 e. The second-order valence-corrected chi connectivity index (χ2v) is 6.77. The van der Waals surface area contributed by atoms with E-state index in [4.69, 9.17) is 4.74 Å². The van der Waals surface area contributed by atoms with Gasteiger partial charge in [0, 0.05) is 49.3 Å². The number of hydrogen-bond donors (Lipinski definition) is 1. The molecule has 0 radical (unpaired) electrons. The van der Waals surface area contributed by atoms with Crippen LogP contribution in [0.25, 0.3) is 0 Å². The highest BCUT2D eigenvalue weighted by Crippen LogP contribution is 2.21. The van der Waals surface area contributed by atoms with Crippen molar-refractivity contribution in [3.63, 3.8) is 0 Å². The molecule has 3 heterocycles. The lowest BCUT2D eigenvalue weighted by atomic mass is 10.1. The molecule has 1 aliphatic heterocycles. The molecule has 0 unspecified atom stereocenters. The molecule has 1 aliphatic rings. The van der Waals surface area contributed by atoms with E-state index in [1.54, 1.807) is 18.6 Å². The zero-order valence-electron chi connectivity index (χ0n) is 14.0. The zero-order chi connectivity index (χ0) is 17.3. The number of aromatic nitrogens is 2. The van der Waals surface area contributed by atoms with Crippen molar-refractivity contribution >= 4 is 17.7 Å². The van der Waals surface area contributed by atoms with Crippen molar-refractivity contribution in [3.8, 4) is 0 Å². The summed E-state index contributed by atoms with van der Waals surface area (Å²) < 4.78 is 5.45. The summed E-state index contributed by atoms with van der Waals surface area (Å²) in [6.45, 7) is 3.75. The highest BCUT2D eigenvalue weighted by atomic mass is 32.2. The number of hydrogen-bond acceptors (Lipinski definition) is 6. The third-order valence-corrected chi connectivity index (χ3v) is 5.08. The second kappa shape index (κ2) is 9.50. The van der Waals surface area contributed by atoms with Crippen LogP contribution in [0.5, 0.6) is 0 Å². The Kier molecular flexibility index (Phi) is 6.79. The lowest BCUT2D eigenvalue weighted by Crippen LogP contribution is -2.44. The average molecular weight is 358 g/mol. The number of rotatable bonds is 7. The summed E-state index contributed by atoms with van der Waals surface area (Å²) in [5, 5.41) is 3.06. The van der Waals surface area contributed by atoms with E-state index >= 15 is 0 Å². The Bertz CT molecular complexity index is 651. The first-order valence-electron chi connectivity index (χ1n) is 8.34. The van der Waals surface area contributed by atoms with Crippen molar-refractivity contribution in [2.45, 2.75) is 10.9 Å². The fourth-order valence-electron chi connectivity index (χ4n) is 2.76. The van der Waals surface area contributed by atoms with E-state index in [1.165, 1.54) is 11.8 Å². The van der Waals surface area contributed by atoms with Gasteiger partial charge in [-0.2, -0.15) is 0 Å². The van der Waals surface area contributed by atoms with Crippen molar-refractivity contribution in [3.05, 3.63) is 54.6 Å². The van der Waals surface area contributed by atoms with E-state index in [2.05, 4.69) is 26.3 Å². The Labute approximate surface area is 152 Å². The largest absolute Gasteiger partial charge is 0.379 e. The van der Waals surface area contributed by atoms with Crippen LogP contribution in [-0.4, -0.2) is 59.4 Å².